The van der Waals surface area contributed by atoms with E-state index in [-0.39, 0.29) is 5.69 Å². The van der Waals surface area contributed by atoms with E-state index in [1.165, 1.54) is 16.8 Å². The molecule has 0 spiro atoms. The summed E-state index contributed by atoms with van der Waals surface area (Å²) in [6, 6.07) is 11.6. The van der Waals surface area contributed by atoms with Crippen LogP contribution >= 0.6 is 0 Å². The molecule has 0 N–H and O–H groups in total. The highest BCUT2D eigenvalue weighted by Crippen LogP contribution is 2.31. The second-order valence-electron chi connectivity index (χ2n) is 8.73. The molecule has 1 aliphatic rings. The number of piperidine rings is 1. The molecule has 2 aromatic carbocycles. The first-order valence-electron chi connectivity index (χ1n) is 11.2. The van der Waals surface area contributed by atoms with Crippen molar-refractivity contribution in [3.63, 3.8) is 0 Å². The molecule has 170 valence electrons. The lowest BCUT2D eigenvalue weighted by molar-refractivity contribution is 0.195. The van der Waals surface area contributed by atoms with Gasteiger partial charge < -0.3 is 4.57 Å². The maximum atomic E-state index is 14.5. The molecule has 0 unspecified atom stereocenters. The maximum absolute atomic E-state index is 14.5. The van der Waals surface area contributed by atoms with Gasteiger partial charge in [-0.1, -0.05) is 24.3 Å². The fraction of sp³-hybridized carbons (Fsp3) is 0.320. The van der Waals surface area contributed by atoms with E-state index in [0.717, 1.165) is 60.2 Å². The third-order valence-electron chi connectivity index (χ3n) is 6.36. The maximum Gasteiger partial charge on any atom is 0.151 e. The van der Waals surface area contributed by atoms with Crippen LogP contribution < -0.4 is 0 Å². The Balaban J connectivity index is 1.50. The summed E-state index contributed by atoms with van der Waals surface area (Å²) >= 11 is 0. The van der Waals surface area contributed by atoms with Crippen LogP contribution in [0.3, 0.4) is 0 Å². The molecule has 0 radical (unpaired) electrons. The van der Waals surface area contributed by atoms with Crippen LogP contribution in [0.1, 0.15) is 35.7 Å². The molecule has 4 aromatic rings. The number of hydrogen-bond acceptors (Lipinski definition) is 4. The molecule has 3 heterocycles. The van der Waals surface area contributed by atoms with Crippen LogP contribution in [0.4, 0.5) is 8.78 Å². The number of rotatable bonds is 5. The highest BCUT2D eigenvalue weighted by Gasteiger charge is 2.26. The van der Waals surface area contributed by atoms with E-state index in [1.807, 2.05) is 49.0 Å². The standard InChI is InChI=1S/C25H26F2N6/c1-17-6-3-4-8-21(17)24-19(15-33(30-24)23-10-9-20(26)12-22(23)27)14-32-11-5-7-18(13-32)25-29-28-16-31(25)2/h3-4,6,8-10,12,15-16,18H,5,7,11,13-14H2,1-2H3/t18-/m1/s1. The summed E-state index contributed by atoms with van der Waals surface area (Å²) in [7, 11) is 1.98. The number of hydrogen-bond donors (Lipinski definition) is 0. The molecular weight excluding hydrogens is 422 g/mol. The molecule has 8 heteroatoms. The second kappa shape index (κ2) is 8.86. The normalized spacial score (nSPS) is 16.9. The summed E-state index contributed by atoms with van der Waals surface area (Å²) < 4.78 is 31.5. The van der Waals surface area contributed by atoms with Crippen LogP contribution in [-0.4, -0.2) is 42.5 Å². The Labute approximate surface area is 191 Å². The van der Waals surface area contributed by atoms with E-state index >= 15 is 0 Å². The Kier molecular flexibility index (Phi) is 5.76. The SMILES string of the molecule is Cc1ccccc1-c1nn(-c2ccc(F)cc2F)cc1CN1CCC[C@@H](c2nncn2C)C1. The average Bonchev–Trinajstić information content (AvgIpc) is 3.40. The van der Waals surface area contributed by atoms with Gasteiger partial charge in [-0.2, -0.15) is 5.10 Å². The fourth-order valence-electron chi connectivity index (χ4n) is 4.69. The largest absolute Gasteiger partial charge is 0.320 e. The summed E-state index contributed by atoms with van der Waals surface area (Å²) in [5.74, 6) is 0.0762. The Morgan fingerprint density at radius 2 is 1.97 bits per heavy atom. The van der Waals surface area contributed by atoms with E-state index in [9.17, 15) is 8.78 Å². The Bertz CT molecular complexity index is 1280. The number of benzene rings is 2. The van der Waals surface area contributed by atoms with Crippen LogP contribution in [0.5, 0.6) is 0 Å². The van der Waals surface area contributed by atoms with Gasteiger partial charge in [-0.05, 0) is 44.0 Å². The summed E-state index contributed by atoms with van der Waals surface area (Å²) in [5.41, 5.74) is 4.16. The van der Waals surface area contributed by atoms with E-state index in [2.05, 4.69) is 15.1 Å². The molecule has 33 heavy (non-hydrogen) atoms. The van der Waals surface area contributed by atoms with Gasteiger partial charge in [0.15, 0.2) is 5.82 Å². The molecule has 1 aliphatic heterocycles. The molecule has 0 amide bonds. The number of aromatic nitrogens is 5. The number of likely N-dealkylation sites (tertiary alicyclic amines) is 1. The summed E-state index contributed by atoms with van der Waals surface area (Å²) in [5, 5.41) is 13.1. The zero-order valence-electron chi connectivity index (χ0n) is 18.7. The molecule has 0 bridgehead atoms. The molecule has 2 aromatic heterocycles. The van der Waals surface area contributed by atoms with Gasteiger partial charge >= 0.3 is 0 Å². The van der Waals surface area contributed by atoms with Crippen molar-refractivity contribution < 1.29 is 8.78 Å². The second-order valence-corrected chi connectivity index (χ2v) is 8.73. The van der Waals surface area contributed by atoms with Crippen molar-refractivity contribution in [1.29, 1.82) is 0 Å². The first-order chi connectivity index (χ1) is 16.0. The molecule has 1 saturated heterocycles. The predicted octanol–water partition coefficient (Wildman–Crippen LogP) is 4.63. The first kappa shape index (κ1) is 21.5. The highest BCUT2D eigenvalue weighted by molar-refractivity contribution is 5.67. The zero-order chi connectivity index (χ0) is 22.9. The number of halogens is 2. The highest BCUT2D eigenvalue weighted by atomic mass is 19.1. The van der Waals surface area contributed by atoms with Gasteiger partial charge in [0.25, 0.3) is 0 Å². The number of aryl methyl sites for hydroxylation is 2. The van der Waals surface area contributed by atoms with Crippen LogP contribution in [-0.2, 0) is 13.6 Å². The van der Waals surface area contributed by atoms with Gasteiger partial charge in [0.05, 0.1) is 5.69 Å². The smallest absolute Gasteiger partial charge is 0.151 e. The zero-order valence-corrected chi connectivity index (χ0v) is 18.7. The van der Waals surface area contributed by atoms with Crippen molar-refractivity contribution >= 4 is 0 Å². The Hall–Kier alpha value is -3.39. The average molecular weight is 449 g/mol. The van der Waals surface area contributed by atoms with Gasteiger partial charge in [0, 0.05) is 49.4 Å². The van der Waals surface area contributed by atoms with Crippen LogP contribution in [0, 0.1) is 18.6 Å². The minimum atomic E-state index is -0.638. The van der Waals surface area contributed by atoms with Gasteiger partial charge in [-0.3, -0.25) is 4.90 Å². The quantitative estimate of drug-likeness (QED) is 0.447. The summed E-state index contributed by atoms with van der Waals surface area (Å²) in [6.45, 7) is 4.57. The van der Waals surface area contributed by atoms with E-state index in [0.29, 0.717) is 12.5 Å². The van der Waals surface area contributed by atoms with Crippen LogP contribution in [0.25, 0.3) is 16.9 Å². The molecule has 0 saturated carbocycles. The first-order valence-corrected chi connectivity index (χ1v) is 11.2. The lowest BCUT2D eigenvalue weighted by atomic mass is 9.96. The van der Waals surface area contributed by atoms with Crippen LogP contribution in [0.2, 0.25) is 0 Å². The predicted molar refractivity (Wildman–Crippen MR) is 122 cm³/mol. The van der Waals surface area contributed by atoms with E-state index in [4.69, 9.17) is 5.10 Å². The molecule has 1 atom stereocenters. The minimum Gasteiger partial charge on any atom is -0.320 e. The van der Waals surface area contributed by atoms with Crippen molar-refractivity contribution in [3.8, 4) is 16.9 Å². The van der Waals surface area contributed by atoms with Gasteiger partial charge in [-0.15, -0.1) is 10.2 Å². The van der Waals surface area contributed by atoms with Crippen molar-refractivity contribution in [3.05, 3.63) is 83.6 Å². The van der Waals surface area contributed by atoms with Gasteiger partial charge in [0.1, 0.15) is 23.7 Å². The van der Waals surface area contributed by atoms with E-state index in [1.54, 1.807) is 6.33 Å². The van der Waals surface area contributed by atoms with Crippen LogP contribution in [0.15, 0.2) is 55.0 Å². The molecule has 5 rings (SSSR count). The van der Waals surface area contributed by atoms with E-state index < -0.39 is 11.6 Å². The minimum absolute atomic E-state index is 0.230. The monoisotopic (exact) mass is 448 g/mol. The van der Waals surface area contributed by atoms with Crippen molar-refractivity contribution in [1.82, 2.24) is 29.4 Å². The van der Waals surface area contributed by atoms with Crippen molar-refractivity contribution in [2.75, 3.05) is 13.1 Å². The van der Waals surface area contributed by atoms with Gasteiger partial charge in [0.2, 0.25) is 0 Å². The molecular formula is C25H26F2N6. The Morgan fingerprint density at radius 1 is 1.12 bits per heavy atom. The third kappa shape index (κ3) is 4.30. The topological polar surface area (TPSA) is 51.8 Å². The van der Waals surface area contributed by atoms with Crippen molar-refractivity contribution in [2.45, 2.75) is 32.2 Å². The fourth-order valence-corrected chi connectivity index (χ4v) is 4.69. The lowest BCUT2D eigenvalue weighted by Crippen LogP contribution is -2.34. The lowest BCUT2D eigenvalue weighted by Gasteiger charge is -2.32. The van der Waals surface area contributed by atoms with Crippen molar-refractivity contribution in [2.24, 2.45) is 7.05 Å². The Morgan fingerprint density at radius 3 is 2.73 bits per heavy atom. The molecule has 0 aliphatic carbocycles. The molecule has 6 nitrogen and oxygen atoms in total. The van der Waals surface area contributed by atoms with Gasteiger partial charge in [-0.25, -0.2) is 13.5 Å². The number of nitrogens with zero attached hydrogens (tertiary/aromatic N) is 6. The third-order valence-corrected chi connectivity index (χ3v) is 6.36. The summed E-state index contributed by atoms with van der Waals surface area (Å²) in [6.07, 6.45) is 5.75. The molecule has 1 fully saturated rings. The summed E-state index contributed by atoms with van der Waals surface area (Å²) in [4.78, 5) is 2.40.